The lowest BCUT2D eigenvalue weighted by molar-refractivity contribution is 0.112. The first-order chi connectivity index (χ1) is 10.1. The van der Waals surface area contributed by atoms with Crippen LogP contribution in [0.25, 0.3) is 0 Å². The van der Waals surface area contributed by atoms with Gasteiger partial charge in [0.25, 0.3) is 0 Å². The summed E-state index contributed by atoms with van der Waals surface area (Å²) in [6.45, 7) is 8.63. The van der Waals surface area contributed by atoms with Crippen LogP contribution >= 0.6 is 0 Å². The third-order valence-electron chi connectivity index (χ3n) is 4.89. The molecule has 1 saturated carbocycles. The molecule has 1 heterocycles. The molecule has 1 aliphatic rings. The summed E-state index contributed by atoms with van der Waals surface area (Å²) < 4.78 is 0. The third-order valence-corrected chi connectivity index (χ3v) is 4.89. The molecule has 1 aromatic heterocycles. The maximum absolute atomic E-state index is 4.66. The van der Waals surface area contributed by atoms with Crippen molar-refractivity contribution in [3.63, 3.8) is 0 Å². The molecule has 0 bridgehead atoms. The number of hydrogen-bond donors (Lipinski definition) is 1. The van der Waals surface area contributed by atoms with Gasteiger partial charge in [-0.15, -0.1) is 0 Å². The van der Waals surface area contributed by atoms with Gasteiger partial charge in [-0.1, -0.05) is 26.3 Å². The fraction of sp³-hybridized carbons (Fsp3) is 0.722. The average molecular weight is 289 g/mol. The topological polar surface area (TPSA) is 28.2 Å². The maximum Gasteiger partial charge on any atom is 0.0547 e. The van der Waals surface area contributed by atoms with Crippen molar-refractivity contribution in [1.29, 1.82) is 0 Å². The zero-order chi connectivity index (χ0) is 15.2. The van der Waals surface area contributed by atoms with E-state index in [0.717, 1.165) is 24.7 Å². The molecule has 118 valence electrons. The van der Waals surface area contributed by atoms with Crippen molar-refractivity contribution in [2.24, 2.45) is 5.92 Å². The van der Waals surface area contributed by atoms with E-state index < -0.39 is 0 Å². The van der Waals surface area contributed by atoms with E-state index >= 15 is 0 Å². The molecule has 0 aromatic carbocycles. The van der Waals surface area contributed by atoms with Gasteiger partial charge in [-0.25, -0.2) is 0 Å². The molecule has 21 heavy (non-hydrogen) atoms. The maximum atomic E-state index is 4.66. The first-order valence-electron chi connectivity index (χ1n) is 8.50. The van der Waals surface area contributed by atoms with Gasteiger partial charge in [0.15, 0.2) is 0 Å². The summed E-state index contributed by atoms with van der Waals surface area (Å²) in [5, 5.41) is 3.70. The van der Waals surface area contributed by atoms with E-state index in [2.05, 4.69) is 61.2 Å². The molecule has 1 N–H and O–H groups in total. The van der Waals surface area contributed by atoms with Crippen molar-refractivity contribution in [3.8, 4) is 0 Å². The van der Waals surface area contributed by atoms with E-state index in [9.17, 15) is 0 Å². The molecular formula is C18H31N3. The van der Waals surface area contributed by atoms with Gasteiger partial charge < -0.3 is 5.32 Å². The second-order valence-corrected chi connectivity index (χ2v) is 6.50. The summed E-state index contributed by atoms with van der Waals surface area (Å²) in [5.74, 6) is 0.887. The van der Waals surface area contributed by atoms with Crippen molar-refractivity contribution in [1.82, 2.24) is 15.2 Å². The summed E-state index contributed by atoms with van der Waals surface area (Å²) >= 11 is 0. The number of likely N-dealkylation sites (N-methyl/N-ethyl adjacent to an activating group) is 2. The Morgan fingerprint density at radius 2 is 2.10 bits per heavy atom. The monoisotopic (exact) mass is 289 g/mol. The minimum absolute atomic E-state index is 0.631. The first-order valence-corrected chi connectivity index (χ1v) is 8.50. The quantitative estimate of drug-likeness (QED) is 0.870. The standard InChI is InChI=1S/C18H31N3/c1-5-15-10-11-17(19-6-2)18(12-15)21(4)13-16-9-7-8-14(3)20-16/h7-9,15,17-19H,5-6,10-13H2,1-4H3. The molecule has 0 spiro atoms. The van der Waals surface area contributed by atoms with Crippen LogP contribution in [0.2, 0.25) is 0 Å². The van der Waals surface area contributed by atoms with Crippen LogP contribution in [0.4, 0.5) is 0 Å². The zero-order valence-electron chi connectivity index (χ0n) is 14.1. The van der Waals surface area contributed by atoms with Gasteiger partial charge >= 0.3 is 0 Å². The summed E-state index contributed by atoms with van der Waals surface area (Å²) in [6.07, 6.45) is 5.31. The molecule has 3 unspecified atom stereocenters. The second-order valence-electron chi connectivity index (χ2n) is 6.50. The number of hydrogen-bond acceptors (Lipinski definition) is 3. The predicted molar refractivity (Wildman–Crippen MR) is 89.3 cm³/mol. The molecule has 0 saturated heterocycles. The van der Waals surface area contributed by atoms with Gasteiger partial charge in [0.1, 0.15) is 0 Å². The van der Waals surface area contributed by atoms with Crippen molar-refractivity contribution in [3.05, 3.63) is 29.6 Å². The lowest BCUT2D eigenvalue weighted by Crippen LogP contribution is -2.51. The predicted octanol–water partition coefficient (Wildman–Crippen LogP) is 3.38. The Morgan fingerprint density at radius 3 is 2.76 bits per heavy atom. The van der Waals surface area contributed by atoms with E-state index in [0.29, 0.717) is 12.1 Å². The largest absolute Gasteiger partial charge is 0.313 e. The number of nitrogens with zero attached hydrogens (tertiary/aromatic N) is 2. The number of rotatable bonds is 6. The third kappa shape index (κ3) is 4.52. The lowest BCUT2D eigenvalue weighted by Gasteiger charge is -2.41. The molecule has 0 amide bonds. The Bertz CT molecular complexity index is 432. The zero-order valence-corrected chi connectivity index (χ0v) is 14.1. The van der Waals surface area contributed by atoms with Gasteiger partial charge in [0, 0.05) is 24.3 Å². The van der Waals surface area contributed by atoms with E-state index in [1.54, 1.807) is 0 Å². The highest BCUT2D eigenvalue weighted by molar-refractivity contribution is 5.10. The van der Waals surface area contributed by atoms with Crippen LogP contribution in [-0.2, 0) is 6.54 Å². The number of aromatic nitrogens is 1. The van der Waals surface area contributed by atoms with Crippen LogP contribution in [-0.4, -0.2) is 35.6 Å². The Morgan fingerprint density at radius 1 is 1.29 bits per heavy atom. The van der Waals surface area contributed by atoms with Crippen molar-refractivity contribution >= 4 is 0 Å². The Balaban J connectivity index is 2.03. The van der Waals surface area contributed by atoms with E-state index in [1.165, 1.54) is 31.4 Å². The molecule has 0 aliphatic heterocycles. The minimum Gasteiger partial charge on any atom is -0.313 e. The summed E-state index contributed by atoms with van der Waals surface area (Å²) in [7, 11) is 2.26. The molecule has 0 radical (unpaired) electrons. The van der Waals surface area contributed by atoms with Gasteiger partial charge in [-0.3, -0.25) is 9.88 Å². The highest BCUT2D eigenvalue weighted by Gasteiger charge is 2.31. The van der Waals surface area contributed by atoms with E-state index in [1.807, 2.05) is 0 Å². The number of nitrogens with one attached hydrogen (secondary N) is 1. The minimum atomic E-state index is 0.631. The fourth-order valence-electron chi connectivity index (χ4n) is 3.65. The van der Waals surface area contributed by atoms with Crippen LogP contribution in [0.1, 0.15) is 50.9 Å². The highest BCUT2D eigenvalue weighted by atomic mass is 15.2. The number of pyridine rings is 1. The summed E-state index contributed by atoms with van der Waals surface area (Å²) in [4.78, 5) is 7.17. The number of aryl methyl sites for hydroxylation is 1. The highest BCUT2D eigenvalue weighted by Crippen LogP contribution is 2.30. The van der Waals surface area contributed by atoms with Gasteiger partial charge in [-0.2, -0.15) is 0 Å². The smallest absolute Gasteiger partial charge is 0.0547 e. The van der Waals surface area contributed by atoms with Crippen LogP contribution in [0.15, 0.2) is 18.2 Å². The molecule has 3 nitrogen and oxygen atoms in total. The SMILES string of the molecule is CCNC1CCC(CC)CC1N(C)Cc1cccc(C)n1. The van der Waals surface area contributed by atoms with Crippen molar-refractivity contribution in [2.75, 3.05) is 13.6 Å². The van der Waals surface area contributed by atoms with Crippen molar-refractivity contribution < 1.29 is 0 Å². The van der Waals surface area contributed by atoms with Gasteiger partial charge in [0.2, 0.25) is 0 Å². The molecule has 1 aromatic rings. The van der Waals surface area contributed by atoms with E-state index in [4.69, 9.17) is 0 Å². The summed E-state index contributed by atoms with van der Waals surface area (Å²) in [6, 6.07) is 7.59. The van der Waals surface area contributed by atoms with Crippen LogP contribution in [0, 0.1) is 12.8 Å². The van der Waals surface area contributed by atoms with E-state index in [-0.39, 0.29) is 0 Å². The molecule has 2 rings (SSSR count). The average Bonchev–Trinajstić information content (AvgIpc) is 2.48. The Hall–Kier alpha value is -0.930. The molecular weight excluding hydrogens is 258 g/mol. The van der Waals surface area contributed by atoms with Gasteiger partial charge in [-0.05, 0) is 57.8 Å². The lowest BCUT2D eigenvalue weighted by atomic mass is 9.80. The molecule has 3 atom stereocenters. The van der Waals surface area contributed by atoms with Gasteiger partial charge in [0.05, 0.1) is 5.69 Å². The molecule has 3 heteroatoms. The normalized spacial score (nSPS) is 26.2. The Kier molecular flexibility index (Phi) is 6.19. The van der Waals surface area contributed by atoms with Crippen molar-refractivity contribution in [2.45, 2.75) is 65.1 Å². The molecule has 1 aliphatic carbocycles. The van der Waals surface area contributed by atoms with Crippen LogP contribution in [0.3, 0.4) is 0 Å². The summed E-state index contributed by atoms with van der Waals surface area (Å²) in [5.41, 5.74) is 2.30. The second kappa shape index (κ2) is 7.90. The Labute approximate surface area is 130 Å². The van der Waals surface area contributed by atoms with Crippen LogP contribution < -0.4 is 5.32 Å². The first kappa shape index (κ1) is 16.4. The molecule has 1 fully saturated rings. The van der Waals surface area contributed by atoms with Crippen LogP contribution in [0.5, 0.6) is 0 Å². The fourth-order valence-corrected chi connectivity index (χ4v) is 3.65.